The van der Waals surface area contributed by atoms with E-state index in [1.54, 1.807) is 0 Å². The maximum Gasteiger partial charge on any atom is 1.00 e. The number of carbonyl (C=O) groups is 3. The molecular formula is C11H26N2O5Rb2S. The molecule has 0 N–H and O–H groups in total. The third-order valence-corrected chi connectivity index (χ3v) is 1.31. The molecule has 1 amide bonds. The van der Waals surface area contributed by atoms with Crippen molar-refractivity contribution in [2.75, 3.05) is 20.4 Å². The Balaban J connectivity index is -0.0000000240. The maximum atomic E-state index is 9.83. The van der Waals surface area contributed by atoms with Gasteiger partial charge in [0.15, 0.2) is 0 Å². The van der Waals surface area contributed by atoms with Gasteiger partial charge in [-0.15, -0.1) is 7.05 Å². The van der Waals surface area contributed by atoms with Crippen LogP contribution in [0.25, 0.3) is 10.0 Å². The zero-order chi connectivity index (χ0) is 16.9. The molecule has 0 fully saturated rings. The van der Waals surface area contributed by atoms with Gasteiger partial charge in [-0.2, -0.15) is 7.05 Å². The first-order chi connectivity index (χ1) is 8.66. The number of amides is 1. The van der Waals surface area contributed by atoms with Crippen molar-refractivity contribution in [3.05, 3.63) is 10.0 Å². The average molecular weight is 469 g/mol. The molecule has 0 radical (unpaired) electrons. The molecule has 0 aliphatic rings. The van der Waals surface area contributed by atoms with Crippen LogP contribution in [-0.4, -0.2) is 47.2 Å². The Morgan fingerprint density at radius 1 is 0.952 bits per heavy atom. The molecule has 0 unspecified atom stereocenters. The first-order valence-electron chi connectivity index (χ1n) is 5.37. The fourth-order valence-electron chi connectivity index (χ4n) is 0. The summed E-state index contributed by atoms with van der Waals surface area (Å²) in [7, 11) is -0.317. The molecule has 0 rings (SSSR count). The van der Waals surface area contributed by atoms with Gasteiger partial charge >= 0.3 is 116 Å². The molecule has 118 valence electrons. The Bertz CT molecular complexity index is 280. The van der Waals surface area contributed by atoms with Crippen molar-refractivity contribution in [3.63, 3.8) is 0 Å². The molecule has 0 saturated heterocycles. The van der Waals surface area contributed by atoms with Crippen LogP contribution in [0.15, 0.2) is 0 Å². The van der Waals surface area contributed by atoms with Gasteiger partial charge < -0.3 is 24.4 Å². The molecule has 7 nitrogen and oxygen atoms in total. The van der Waals surface area contributed by atoms with Crippen LogP contribution in [0.1, 0.15) is 34.6 Å². The molecule has 21 heavy (non-hydrogen) atoms. The largest absolute Gasteiger partial charge is 1.00 e. The van der Waals surface area contributed by atoms with Crippen LogP contribution in [-0.2, 0) is 24.4 Å². The second-order valence-electron chi connectivity index (χ2n) is 2.13. The minimum absolute atomic E-state index is 0. The first kappa shape index (κ1) is 43.6. The van der Waals surface area contributed by atoms with E-state index in [1.807, 2.05) is 13.8 Å². The summed E-state index contributed by atoms with van der Waals surface area (Å²) in [6.45, 7) is 8.31. The monoisotopic (exact) mass is 468 g/mol. The van der Waals surface area contributed by atoms with E-state index in [0.29, 0.717) is 0 Å². The predicted octanol–water partition coefficient (Wildman–Crippen LogP) is -4.07. The summed E-state index contributed by atoms with van der Waals surface area (Å²) in [5.41, 5.74) is 0. The third kappa shape index (κ3) is 172. The second kappa shape index (κ2) is 43.2. The Morgan fingerprint density at radius 2 is 1.05 bits per heavy atom. The number of carbonyl (C=O) groups excluding carboxylic acids is 3. The number of hydrogen-bond acceptors (Lipinski definition) is 5. The van der Waals surface area contributed by atoms with Crippen molar-refractivity contribution in [1.29, 1.82) is 0 Å². The van der Waals surface area contributed by atoms with Gasteiger partial charge in [-0.3, -0.25) is 0 Å². The summed E-state index contributed by atoms with van der Waals surface area (Å²) in [5.74, 6) is -0.120. The van der Waals surface area contributed by atoms with Gasteiger partial charge in [0.05, 0.1) is 10.0 Å². The second-order valence-corrected chi connectivity index (χ2v) is 3.96. The normalized spacial score (nSPS) is 6.48. The number of hydrogen-bond donors (Lipinski definition) is 0. The van der Waals surface area contributed by atoms with Crippen molar-refractivity contribution in [2.45, 2.75) is 34.6 Å². The number of sulfonamides is 1. The molecule has 0 atom stereocenters. The van der Waals surface area contributed by atoms with E-state index in [0.717, 1.165) is 18.8 Å². The summed E-state index contributed by atoms with van der Waals surface area (Å²) in [6.07, 6.45) is 2.55. The van der Waals surface area contributed by atoms with Crippen LogP contribution in [0.5, 0.6) is 0 Å². The molecule has 0 saturated carbocycles. The Labute approximate surface area is 227 Å². The van der Waals surface area contributed by atoms with Crippen LogP contribution in [0, 0.1) is 0 Å². The zero-order valence-corrected chi connectivity index (χ0v) is 25.6. The van der Waals surface area contributed by atoms with Crippen molar-refractivity contribution in [1.82, 2.24) is 0 Å². The number of nitrogens with zero attached hydrogens (tertiary/aromatic N) is 2. The van der Waals surface area contributed by atoms with Crippen molar-refractivity contribution < 1.29 is 139 Å². The van der Waals surface area contributed by atoms with E-state index in [9.17, 15) is 13.2 Å². The quantitative estimate of drug-likeness (QED) is 0.363. The summed E-state index contributed by atoms with van der Waals surface area (Å²) < 4.78 is 22.7. The van der Waals surface area contributed by atoms with E-state index in [2.05, 4.69) is 10.0 Å². The van der Waals surface area contributed by atoms with Gasteiger partial charge in [0.2, 0.25) is 0 Å². The van der Waals surface area contributed by atoms with Gasteiger partial charge in [0.1, 0.15) is 12.6 Å². The fraction of sp³-hybridized carbons (Fsp3) is 0.727. The van der Waals surface area contributed by atoms with Gasteiger partial charge in [-0.05, 0) is 20.8 Å². The Morgan fingerprint density at radius 3 is 1.05 bits per heavy atom. The van der Waals surface area contributed by atoms with Crippen LogP contribution >= 0.6 is 0 Å². The Kier molecular flexibility index (Phi) is 89.8. The van der Waals surface area contributed by atoms with E-state index in [-0.39, 0.29) is 122 Å². The summed E-state index contributed by atoms with van der Waals surface area (Å²) >= 11 is 0. The van der Waals surface area contributed by atoms with Crippen LogP contribution in [0.4, 0.5) is 0 Å². The van der Waals surface area contributed by atoms with Crippen LogP contribution in [0.3, 0.4) is 0 Å². The molecule has 0 spiro atoms. The average Bonchev–Trinajstić information content (AvgIpc) is 2.33. The van der Waals surface area contributed by atoms with E-state index >= 15 is 0 Å². The van der Waals surface area contributed by atoms with Gasteiger partial charge in [-0.25, -0.2) is 8.42 Å². The van der Waals surface area contributed by atoms with Crippen LogP contribution in [0.2, 0.25) is 0 Å². The molecule has 0 aromatic rings. The molecule has 0 aromatic carbocycles. The third-order valence-electron chi connectivity index (χ3n) is 0.647. The standard InChI is InChI=1S/C3H7NO.C2H6NO2S.2C2H4O.C2H6.2Rb/c1-3(5)4-2;1-3-6(2,4)5;2*1-2-3;1-2;;/h1-2H3,(H,4,5);1-2H3;2*2H,1H3;1-2H3;;/q;-1;;;;2*+1/p-1. The molecule has 0 heterocycles. The molecule has 0 aliphatic heterocycles. The summed E-state index contributed by atoms with van der Waals surface area (Å²) in [6, 6.07) is 0. The minimum Gasteiger partial charge on any atom is -0.656 e. The van der Waals surface area contributed by atoms with Gasteiger partial charge in [-0.1, -0.05) is 13.8 Å². The summed E-state index contributed by atoms with van der Waals surface area (Å²) in [4.78, 5) is 27.3. The topological polar surface area (TPSA) is 114 Å². The molecule has 10 heteroatoms. The molecule has 0 aliphatic carbocycles. The molecule has 0 bridgehead atoms. The zero-order valence-electron chi connectivity index (χ0n) is 15.0. The summed E-state index contributed by atoms with van der Waals surface area (Å²) in [5, 5.41) is 3.25. The van der Waals surface area contributed by atoms with E-state index in [1.165, 1.54) is 34.9 Å². The first-order valence-corrected chi connectivity index (χ1v) is 7.22. The van der Waals surface area contributed by atoms with Crippen molar-refractivity contribution in [3.8, 4) is 0 Å². The smallest absolute Gasteiger partial charge is 0.656 e. The van der Waals surface area contributed by atoms with Crippen LogP contribution < -0.4 is 116 Å². The minimum atomic E-state index is -3.04. The molecular weight excluding hydrogens is 443 g/mol. The number of rotatable bonds is 1. The van der Waals surface area contributed by atoms with Crippen molar-refractivity contribution in [2.24, 2.45) is 0 Å². The van der Waals surface area contributed by atoms with E-state index < -0.39 is 10.0 Å². The van der Waals surface area contributed by atoms with E-state index in [4.69, 9.17) is 9.59 Å². The van der Waals surface area contributed by atoms with Crippen molar-refractivity contribution >= 4 is 28.5 Å². The fourth-order valence-corrected chi connectivity index (χ4v) is 0. The SMILES string of the molecule is CC.CC=O.CC=O.C[N-]C(C)=O.C[N-]S(C)(=O)=O.[Rb+].[Rb+]. The molecule has 0 aromatic heterocycles. The number of aldehydes is 2. The van der Waals surface area contributed by atoms with Gasteiger partial charge in [0, 0.05) is 12.2 Å². The Hall–Kier alpha value is 2.33. The maximum absolute atomic E-state index is 9.83. The van der Waals surface area contributed by atoms with Gasteiger partial charge in [0.25, 0.3) is 0 Å². The predicted molar refractivity (Wildman–Crippen MR) is 78.9 cm³/mol.